The molecule has 0 radical (unpaired) electrons. The largest absolute Gasteiger partial charge is 0.493 e. The van der Waals surface area contributed by atoms with E-state index in [1.165, 1.54) is 32.6 Å². The molecule has 228 valence electrons. The topological polar surface area (TPSA) is 180 Å². The van der Waals surface area contributed by atoms with Gasteiger partial charge < -0.3 is 29.6 Å². The average molecular weight is 604 g/mol. The third-order valence-corrected chi connectivity index (χ3v) is 6.39. The van der Waals surface area contributed by atoms with Crippen LogP contribution < -0.4 is 30.3 Å². The summed E-state index contributed by atoms with van der Waals surface area (Å²) in [5.74, 6) is 0.0193. The molecule has 0 saturated carbocycles. The van der Waals surface area contributed by atoms with Crippen LogP contribution in [0.1, 0.15) is 29.7 Å². The number of amides is 3. The third kappa shape index (κ3) is 7.88. The fourth-order valence-electron chi connectivity index (χ4n) is 4.19. The van der Waals surface area contributed by atoms with Crippen molar-refractivity contribution < 1.29 is 38.3 Å². The molecule has 1 aliphatic heterocycles. The van der Waals surface area contributed by atoms with E-state index in [1.54, 1.807) is 61.5 Å². The van der Waals surface area contributed by atoms with Gasteiger partial charge in [-0.25, -0.2) is 15.0 Å². The van der Waals surface area contributed by atoms with Gasteiger partial charge >= 0.3 is 12.0 Å². The van der Waals surface area contributed by atoms with E-state index in [2.05, 4.69) is 21.2 Å². The quantitative estimate of drug-likeness (QED) is 0.121. The van der Waals surface area contributed by atoms with Crippen LogP contribution in [0.5, 0.6) is 17.2 Å². The van der Waals surface area contributed by atoms with Crippen LogP contribution in [0.2, 0.25) is 0 Å². The molecule has 0 saturated heterocycles. The Hall–Kier alpha value is -5.92. The Bertz CT molecular complexity index is 1600. The van der Waals surface area contributed by atoms with Crippen LogP contribution in [0.3, 0.4) is 0 Å². The van der Waals surface area contributed by atoms with E-state index in [-0.39, 0.29) is 36.0 Å². The van der Waals surface area contributed by atoms with Crippen molar-refractivity contribution >= 4 is 29.8 Å². The number of non-ortho nitro benzene ring substituents is 1. The Balaban J connectivity index is 1.29. The molecule has 3 amide bonds. The summed E-state index contributed by atoms with van der Waals surface area (Å²) in [4.78, 5) is 47.0. The number of nitrogens with one attached hydrogen (secondary N) is 3. The van der Waals surface area contributed by atoms with Crippen molar-refractivity contribution in [2.75, 3.05) is 20.8 Å². The van der Waals surface area contributed by atoms with Gasteiger partial charge in [0.25, 0.3) is 11.6 Å². The van der Waals surface area contributed by atoms with Gasteiger partial charge in [-0.15, -0.1) is 0 Å². The Morgan fingerprint density at radius 3 is 2.41 bits per heavy atom. The Morgan fingerprint density at radius 2 is 1.75 bits per heavy atom. The predicted octanol–water partition coefficient (Wildman–Crippen LogP) is 3.51. The zero-order chi connectivity index (χ0) is 31.6. The van der Waals surface area contributed by atoms with Gasteiger partial charge in [-0.05, 0) is 72.1 Å². The van der Waals surface area contributed by atoms with Crippen LogP contribution in [0.25, 0.3) is 0 Å². The molecule has 0 bridgehead atoms. The lowest BCUT2D eigenvalue weighted by atomic mass is 9.95. The van der Waals surface area contributed by atoms with Gasteiger partial charge in [0, 0.05) is 17.8 Å². The standard InChI is InChI=1S/C30H29N5O9/c1-18-27(29(37)42-3)28(33-30(38)32-18)21-8-13-24(25(14-21)41-2)44-17-26(36)34-31-15-19-6-11-23(12-7-19)43-16-20-4-9-22(10-5-20)35(39)40/h4-15,28H,16-17H2,1-3H3,(H,34,36)(H2,32,33,38)/b31-15-/t28-/m0/s1. The smallest absolute Gasteiger partial charge is 0.337 e. The minimum absolute atomic E-state index is 0.0134. The SMILES string of the molecule is COC(=O)C1=C(C)NC(=O)N[C@H]1c1ccc(OCC(=O)N/N=C\c2ccc(OCc3ccc([N+](=O)[O-])cc3)cc2)c(OC)c1. The van der Waals surface area contributed by atoms with E-state index in [4.69, 9.17) is 18.9 Å². The highest BCUT2D eigenvalue weighted by atomic mass is 16.6. The Kier molecular flexibility index (Phi) is 10.1. The molecule has 0 spiro atoms. The molecule has 44 heavy (non-hydrogen) atoms. The lowest BCUT2D eigenvalue weighted by Gasteiger charge is -2.28. The minimum Gasteiger partial charge on any atom is -0.493 e. The summed E-state index contributed by atoms with van der Waals surface area (Å²) in [6.07, 6.45) is 1.45. The van der Waals surface area contributed by atoms with E-state index >= 15 is 0 Å². The molecule has 1 atom stereocenters. The number of esters is 1. The van der Waals surface area contributed by atoms with Crippen molar-refractivity contribution in [3.05, 3.63) is 105 Å². The minimum atomic E-state index is -0.785. The Morgan fingerprint density at radius 1 is 1.02 bits per heavy atom. The molecule has 0 unspecified atom stereocenters. The zero-order valence-electron chi connectivity index (χ0n) is 24.0. The number of nitro groups is 1. The molecule has 0 aromatic heterocycles. The zero-order valence-corrected chi connectivity index (χ0v) is 24.0. The average Bonchev–Trinajstić information content (AvgIpc) is 3.02. The molecule has 14 nitrogen and oxygen atoms in total. The summed E-state index contributed by atoms with van der Waals surface area (Å²) in [5.41, 5.74) is 5.03. The monoisotopic (exact) mass is 603 g/mol. The second kappa shape index (κ2) is 14.3. The molecule has 3 aromatic rings. The lowest BCUT2D eigenvalue weighted by molar-refractivity contribution is -0.384. The maximum absolute atomic E-state index is 12.4. The van der Waals surface area contributed by atoms with Crippen molar-refractivity contribution in [3.63, 3.8) is 0 Å². The summed E-state index contributed by atoms with van der Waals surface area (Å²) in [5, 5.41) is 20.0. The second-order valence-corrected chi connectivity index (χ2v) is 9.34. The molecule has 1 aliphatic rings. The predicted molar refractivity (Wildman–Crippen MR) is 157 cm³/mol. The van der Waals surface area contributed by atoms with Gasteiger partial charge in [-0.1, -0.05) is 6.07 Å². The van der Waals surface area contributed by atoms with Gasteiger partial charge in [0.15, 0.2) is 18.1 Å². The summed E-state index contributed by atoms with van der Waals surface area (Å²) >= 11 is 0. The van der Waals surface area contributed by atoms with E-state index < -0.39 is 28.9 Å². The number of hydrogen-bond donors (Lipinski definition) is 3. The van der Waals surface area contributed by atoms with Gasteiger partial charge in [-0.3, -0.25) is 14.9 Å². The first kappa shape index (κ1) is 31.0. The summed E-state index contributed by atoms with van der Waals surface area (Å²) in [6.45, 7) is 1.48. The molecular formula is C30H29N5O9. The van der Waals surface area contributed by atoms with Gasteiger partial charge in [0.05, 0.1) is 37.0 Å². The maximum Gasteiger partial charge on any atom is 0.337 e. The van der Waals surface area contributed by atoms with Crippen LogP contribution in [0.15, 0.2) is 83.1 Å². The van der Waals surface area contributed by atoms with Gasteiger partial charge in [0.1, 0.15) is 12.4 Å². The summed E-state index contributed by atoms with van der Waals surface area (Å²) in [6, 6.07) is 16.6. The van der Waals surface area contributed by atoms with Crippen molar-refractivity contribution in [2.45, 2.75) is 19.6 Å². The molecule has 3 N–H and O–H groups in total. The first-order chi connectivity index (χ1) is 21.2. The number of nitro benzene ring substituents is 1. The highest BCUT2D eigenvalue weighted by Crippen LogP contribution is 2.34. The van der Waals surface area contributed by atoms with Crippen molar-refractivity contribution in [1.82, 2.24) is 16.1 Å². The normalized spacial score (nSPS) is 14.3. The van der Waals surface area contributed by atoms with Gasteiger partial charge in [-0.2, -0.15) is 5.10 Å². The number of urea groups is 1. The molecule has 0 aliphatic carbocycles. The maximum atomic E-state index is 12.4. The van der Waals surface area contributed by atoms with Gasteiger partial charge in [0.2, 0.25) is 0 Å². The first-order valence-electron chi connectivity index (χ1n) is 13.1. The molecule has 1 heterocycles. The number of hydrogen-bond acceptors (Lipinski definition) is 10. The Labute approximate surface area is 251 Å². The number of ether oxygens (including phenoxy) is 4. The van der Waals surface area contributed by atoms with Crippen LogP contribution >= 0.6 is 0 Å². The molecule has 4 rings (SSSR count). The van der Waals surface area contributed by atoms with Crippen molar-refractivity contribution in [3.8, 4) is 17.2 Å². The van der Waals surface area contributed by atoms with E-state index in [0.29, 0.717) is 22.6 Å². The number of hydrazone groups is 1. The molecule has 0 fully saturated rings. The lowest BCUT2D eigenvalue weighted by Crippen LogP contribution is -2.45. The number of allylic oxidation sites excluding steroid dienone is 1. The highest BCUT2D eigenvalue weighted by molar-refractivity contribution is 5.95. The fraction of sp³-hybridized carbons (Fsp3) is 0.200. The van der Waals surface area contributed by atoms with Crippen molar-refractivity contribution in [1.29, 1.82) is 0 Å². The number of rotatable bonds is 12. The number of carbonyl (C=O) groups is 3. The first-order valence-corrected chi connectivity index (χ1v) is 13.1. The van der Waals surface area contributed by atoms with Crippen LogP contribution in [0.4, 0.5) is 10.5 Å². The summed E-state index contributed by atoms with van der Waals surface area (Å²) < 4.78 is 21.6. The number of benzene rings is 3. The number of methoxy groups -OCH3 is 2. The van der Waals surface area contributed by atoms with E-state index in [9.17, 15) is 24.5 Å². The third-order valence-electron chi connectivity index (χ3n) is 6.39. The highest BCUT2D eigenvalue weighted by Gasteiger charge is 2.32. The fourth-order valence-corrected chi connectivity index (χ4v) is 4.19. The number of nitrogens with zero attached hydrogens (tertiary/aromatic N) is 2. The molecule has 14 heteroatoms. The van der Waals surface area contributed by atoms with Crippen LogP contribution in [-0.2, 0) is 20.9 Å². The second-order valence-electron chi connectivity index (χ2n) is 9.34. The van der Waals surface area contributed by atoms with Crippen LogP contribution in [0, 0.1) is 10.1 Å². The molecular weight excluding hydrogens is 574 g/mol. The van der Waals surface area contributed by atoms with Crippen molar-refractivity contribution in [2.24, 2.45) is 5.10 Å². The summed E-state index contributed by atoms with van der Waals surface area (Å²) in [7, 11) is 2.67. The van der Waals surface area contributed by atoms with E-state index in [1.807, 2.05) is 0 Å². The molecule has 3 aromatic carbocycles. The van der Waals surface area contributed by atoms with Crippen LogP contribution in [-0.4, -0.2) is 49.9 Å². The van der Waals surface area contributed by atoms with E-state index in [0.717, 1.165) is 5.56 Å². The number of carbonyl (C=O) groups excluding carboxylic acids is 3.